The Morgan fingerprint density at radius 2 is 1.82 bits per heavy atom. The zero-order chi connectivity index (χ0) is 15.6. The summed E-state index contributed by atoms with van der Waals surface area (Å²) in [4.78, 5) is -0.258. The number of benzene rings is 2. The third-order valence-corrected chi connectivity index (χ3v) is 4.88. The van der Waals surface area contributed by atoms with E-state index in [9.17, 15) is 13.0 Å². The lowest BCUT2D eigenvalue weighted by Crippen LogP contribution is -1.98. The Kier molecular flexibility index (Phi) is 3.93. The molecule has 1 aromatic heterocycles. The highest BCUT2D eigenvalue weighted by Crippen LogP contribution is 2.24. The van der Waals surface area contributed by atoms with Gasteiger partial charge in [0.1, 0.15) is 10.1 Å². The summed E-state index contributed by atoms with van der Waals surface area (Å²) in [6.07, 6.45) is 1.71. The van der Waals surface area contributed by atoms with Crippen LogP contribution in [0.4, 0.5) is 5.69 Å². The molecule has 0 radical (unpaired) electrons. The minimum Gasteiger partial charge on any atom is -0.744 e. The summed E-state index contributed by atoms with van der Waals surface area (Å²) in [5.74, 6) is 0. The molecule has 0 spiro atoms. The molecular formula is C15H11N2O3S2-. The van der Waals surface area contributed by atoms with Crippen LogP contribution in [-0.2, 0) is 10.1 Å². The van der Waals surface area contributed by atoms with Crippen LogP contribution in [0.25, 0.3) is 10.1 Å². The van der Waals surface area contributed by atoms with Gasteiger partial charge in [-0.1, -0.05) is 18.2 Å². The summed E-state index contributed by atoms with van der Waals surface area (Å²) in [7, 11) is -4.41. The molecule has 0 aliphatic carbocycles. The predicted octanol–water partition coefficient (Wildman–Crippen LogP) is 3.25. The van der Waals surface area contributed by atoms with Crippen molar-refractivity contribution >= 4 is 43.4 Å². The van der Waals surface area contributed by atoms with E-state index in [2.05, 4.69) is 10.5 Å². The van der Waals surface area contributed by atoms with Crippen molar-refractivity contribution in [1.82, 2.24) is 0 Å². The molecule has 22 heavy (non-hydrogen) atoms. The van der Waals surface area contributed by atoms with Gasteiger partial charge in [-0.25, -0.2) is 8.42 Å². The largest absolute Gasteiger partial charge is 0.744 e. The van der Waals surface area contributed by atoms with Crippen molar-refractivity contribution in [2.75, 3.05) is 5.43 Å². The second-order valence-electron chi connectivity index (χ2n) is 4.54. The van der Waals surface area contributed by atoms with E-state index >= 15 is 0 Å². The van der Waals surface area contributed by atoms with Crippen LogP contribution in [0.1, 0.15) is 5.56 Å². The second kappa shape index (κ2) is 5.88. The van der Waals surface area contributed by atoms with E-state index < -0.39 is 10.1 Å². The van der Waals surface area contributed by atoms with E-state index in [0.717, 1.165) is 10.9 Å². The van der Waals surface area contributed by atoms with E-state index in [4.69, 9.17) is 0 Å². The summed E-state index contributed by atoms with van der Waals surface area (Å²) < 4.78 is 33.7. The van der Waals surface area contributed by atoms with Crippen molar-refractivity contribution in [1.29, 1.82) is 0 Å². The number of fused-ring (bicyclic) bond motifs is 1. The third kappa shape index (κ3) is 3.16. The molecule has 0 fully saturated rings. The number of nitrogens with one attached hydrogen (secondary N) is 1. The van der Waals surface area contributed by atoms with Gasteiger partial charge in [-0.3, -0.25) is 5.43 Å². The molecule has 1 heterocycles. The summed E-state index contributed by atoms with van der Waals surface area (Å²) in [5.41, 5.74) is 4.41. The van der Waals surface area contributed by atoms with Crippen molar-refractivity contribution < 1.29 is 13.0 Å². The number of hydrogen-bond acceptors (Lipinski definition) is 6. The first-order valence-corrected chi connectivity index (χ1v) is 8.64. The number of hydrazone groups is 1. The fourth-order valence-electron chi connectivity index (χ4n) is 1.97. The van der Waals surface area contributed by atoms with Crippen LogP contribution in [0, 0.1) is 0 Å². The van der Waals surface area contributed by atoms with Gasteiger partial charge in [0.15, 0.2) is 0 Å². The number of anilines is 1. The molecule has 5 nitrogen and oxygen atoms in total. The first-order chi connectivity index (χ1) is 10.5. The quantitative estimate of drug-likeness (QED) is 0.452. The zero-order valence-electron chi connectivity index (χ0n) is 11.3. The van der Waals surface area contributed by atoms with Crippen molar-refractivity contribution in [3.05, 3.63) is 59.5 Å². The highest BCUT2D eigenvalue weighted by Gasteiger charge is 2.01. The summed E-state index contributed by atoms with van der Waals surface area (Å²) in [6.45, 7) is 0. The van der Waals surface area contributed by atoms with Gasteiger partial charge >= 0.3 is 0 Å². The number of hydrogen-bond donors (Lipinski definition) is 1. The van der Waals surface area contributed by atoms with Gasteiger partial charge in [-0.05, 0) is 30.3 Å². The van der Waals surface area contributed by atoms with Gasteiger partial charge in [-0.15, -0.1) is 11.3 Å². The van der Waals surface area contributed by atoms with Crippen LogP contribution >= 0.6 is 11.3 Å². The van der Waals surface area contributed by atoms with Crippen LogP contribution in [0.15, 0.2) is 63.9 Å². The number of thiophene rings is 1. The molecule has 0 unspecified atom stereocenters. The molecule has 0 bridgehead atoms. The molecule has 0 saturated heterocycles. The van der Waals surface area contributed by atoms with Crippen LogP contribution in [0.3, 0.4) is 0 Å². The maximum atomic E-state index is 10.8. The fraction of sp³-hybridized carbons (Fsp3) is 0. The van der Waals surface area contributed by atoms with Gasteiger partial charge in [-0.2, -0.15) is 5.10 Å². The predicted molar refractivity (Wildman–Crippen MR) is 87.4 cm³/mol. The number of nitrogens with zero attached hydrogens (tertiary/aromatic N) is 1. The second-order valence-corrected chi connectivity index (χ2v) is 6.83. The SMILES string of the molecule is O=S(=O)([O-])c1ccc(NN=Cc2csc3ccccc23)cc1. The average Bonchev–Trinajstić information content (AvgIpc) is 2.90. The van der Waals surface area contributed by atoms with Gasteiger partial charge in [0.25, 0.3) is 0 Å². The number of rotatable bonds is 4. The monoisotopic (exact) mass is 331 g/mol. The Balaban J connectivity index is 1.75. The van der Waals surface area contributed by atoms with Crippen molar-refractivity contribution in [2.45, 2.75) is 4.90 Å². The van der Waals surface area contributed by atoms with Crippen LogP contribution in [0.2, 0.25) is 0 Å². The lowest BCUT2D eigenvalue weighted by molar-refractivity contribution is 0.463. The molecule has 2 aromatic carbocycles. The highest BCUT2D eigenvalue weighted by atomic mass is 32.2. The van der Waals surface area contributed by atoms with E-state index in [-0.39, 0.29) is 4.90 Å². The Hall–Kier alpha value is -2.22. The Morgan fingerprint density at radius 3 is 2.55 bits per heavy atom. The maximum absolute atomic E-state index is 10.8. The van der Waals surface area contributed by atoms with Crippen LogP contribution in [0.5, 0.6) is 0 Å². The van der Waals surface area contributed by atoms with Crippen molar-refractivity contribution in [2.24, 2.45) is 5.10 Å². The van der Waals surface area contributed by atoms with Crippen molar-refractivity contribution in [3.8, 4) is 0 Å². The van der Waals surface area contributed by atoms with Crippen LogP contribution in [-0.4, -0.2) is 19.2 Å². The molecule has 0 aliphatic rings. The van der Waals surface area contributed by atoms with E-state index in [1.165, 1.54) is 29.0 Å². The molecule has 1 N–H and O–H groups in total. The molecule has 0 saturated carbocycles. The van der Waals surface area contributed by atoms with E-state index in [1.807, 2.05) is 29.6 Å². The topological polar surface area (TPSA) is 81.6 Å². The molecule has 0 atom stereocenters. The standard InChI is InChI=1S/C15H12N2O3S2/c18-22(19,20)13-7-5-12(6-8-13)17-16-9-11-10-21-15-4-2-1-3-14(11)15/h1-10,17H,(H,18,19,20)/p-1. The normalized spacial score (nSPS) is 12.0. The van der Waals surface area contributed by atoms with Gasteiger partial charge < -0.3 is 4.55 Å². The minimum absolute atomic E-state index is 0.258. The minimum atomic E-state index is -4.41. The first-order valence-electron chi connectivity index (χ1n) is 6.35. The molecule has 0 aliphatic heterocycles. The lowest BCUT2D eigenvalue weighted by atomic mass is 10.2. The Labute approximate surface area is 131 Å². The van der Waals surface area contributed by atoms with E-state index in [1.54, 1.807) is 17.6 Å². The molecular weight excluding hydrogens is 320 g/mol. The Morgan fingerprint density at radius 1 is 1.09 bits per heavy atom. The van der Waals surface area contributed by atoms with Gasteiger partial charge in [0.05, 0.1) is 16.8 Å². The fourth-order valence-corrected chi connectivity index (χ4v) is 3.35. The molecule has 3 aromatic rings. The first kappa shape index (κ1) is 14.7. The molecule has 7 heteroatoms. The average molecular weight is 331 g/mol. The molecule has 0 amide bonds. The smallest absolute Gasteiger partial charge is 0.124 e. The molecule has 3 rings (SSSR count). The highest BCUT2D eigenvalue weighted by molar-refractivity contribution is 7.85. The lowest BCUT2D eigenvalue weighted by Gasteiger charge is -2.07. The summed E-state index contributed by atoms with van der Waals surface area (Å²) >= 11 is 1.64. The van der Waals surface area contributed by atoms with Gasteiger partial charge in [0.2, 0.25) is 0 Å². The summed E-state index contributed by atoms with van der Waals surface area (Å²) in [6, 6.07) is 13.5. The van der Waals surface area contributed by atoms with Crippen molar-refractivity contribution in [3.63, 3.8) is 0 Å². The van der Waals surface area contributed by atoms with Gasteiger partial charge in [0, 0.05) is 21.0 Å². The Bertz CT molecular complexity index is 929. The molecule has 112 valence electrons. The summed E-state index contributed by atoms with van der Waals surface area (Å²) in [5, 5.41) is 7.28. The van der Waals surface area contributed by atoms with Crippen LogP contribution < -0.4 is 5.43 Å². The zero-order valence-corrected chi connectivity index (χ0v) is 12.9. The third-order valence-electron chi connectivity index (χ3n) is 3.05. The van der Waals surface area contributed by atoms with E-state index in [0.29, 0.717) is 5.69 Å². The maximum Gasteiger partial charge on any atom is 0.124 e.